The number of benzene rings is 1. The van der Waals surface area contributed by atoms with Crippen LogP contribution in [0.1, 0.15) is 17.5 Å². The average Bonchev–Trinajstić information content (AvgIpc) is 3.24. The molecule has 4 heteroatoms. The van der Waals surface area contributed by atoms with Gasteiger partial charge in [-0.2, -0.15) is 0 Å². The molecule has 0 radical (unpaired) electrons. The number of H-pyrrole nitrogens is 1. The number of hydrogen-bond donors (Lipinski definition) is 1. The Bertz CT molecular complexity index is 840. The van der Waals surface area contributed by atoms with Crippen molar-refractivity contribution in [1.82, 2.24) is 14.9 Å². The van der Waals surface area contributed by atoms with Gasteiger partial charge < -0.3 is 9.88 Å². The summed E-state index contributed by atoms with van der Waals surface area (Å²) < 4.78 is 0. The van der Waals surface area contributed by atoms with E-state index in [0.717, 1.165) is 42.5 Å². The Labute approximate surface area is 141 Å². The summed E-state index contributed by atoms with van der Waals surface area (Å²) in [6.45, 7) is 1.74. The molecule has 1 aliphatic rings. The Morgan fingerprint density at radius 3 is 2.96 bits per heavy atom. The van der Waals surface area contributed by atoms with Crippen LogP contribution in [0.4, 0.5) is 0 Å². The molecule has 4 nitrogen and oxygen atoms in total. The molecule has 0 aliphatic carbocycles. The summed E-state index contributed by atoms with van der Waals surface area (Å²) in [5, 5.41) is 1.05. The maximum atomic E-state index is 12.6. The van der Waals surface area contributed by atoms with Crippen LogP contribution in [0.5, 0.6) is 0 Å². The third-order valence-corrected chi connectivity index (χ3v) is 4.88. The molecule has 0 spiro atoms. The summed E-state index contributed by atoms with van der Waals surface area (Å²) in [6.07, 6.45) is 6.27. The quantitative estimate of drug-likeness (QED) is 0.803. The molecule has 4 rings (SSSR count). The fourth-order valence-corrected chi connectivity index (χ4v) is 3.61. The number of nitrogens with zero attached hydrogens (tertiary/aromatic N) is 2. The highest BCUT2D eigenvalue weighted by Gasteiger charge is 2.26. The Kier molecular flexibility index (Phi) is 4.03. The number of fused-ring (bicyclic) bond motifs is 1. The third-order valence-electron chi connectivity index (χ3n) is 4.88. The van der Waals surface area contributed by atoms with Crippen LogP contribution in [0.15, 0.2) is 54.9 Å². The number of nitrogens with one attached hydrogen (secondary N) is 1. The minimum absolute atomic E-state index is 0.218. The van der Waals surface area contributed by atoms with Gasteiger partial charge in [0.25, 0.3) is 0 Å². The zero-order chi connectivity index (χ0) is 16.4. The molecule has 3 heterocycles. The second-order valence-electron chi connectivity index (χ2n) is 6.57. The molecule has 1 atom stereocenters. The van der Waals surface area contributed by atoms with Gasteiger partial charge in [-0.05, 0) is 42.0 Å². The molecule has 3 aromatic rings. The van der Waals surface area contributed by atoms with Gasteiger partial charge in [0.1, 0.15) is 5.65 Å². The number of aromatic amines is 1. The Hall–Kier alpha value is -2.62. The van der Waals surface area contributed by atoms with E-state index in [1.807, 2.05) is 29.3 Å². The number of likely N-dealkylation sites (tertiary alicyclic amines) is 1. The van der Waals surface area contributed by atoms with Gasteiger partial charge in [-0.1, -0.05) is 30.3 Å². The van der Waals surface area contributed by atoms with Crippen LogP contribution in [0.3, 0.4) is 0 Å². The molecule has 1 N–H and O–H groups in total. The van der Waals surface area contributed by atoms with Crippen molar-refractivity contribution in [2.24, 2.45) is 5.92 Å². The topological polar surface area (TPSA) is 49.0 Å². The summed E-state index contributed by atoms with van der Waals surface area (Å²) in [5.74, 6) is 0.788. The molecule has 1 amide bonds. The molecule has 1 fully saturated rings. The first-order valence-corrected chi connectivity index (χ1v) is 8.52. The van der Waals surface area contributed by atoms with Gasteiger partial charge in [0, 0.05) is 30.9 Å². The molecule has 122 valence electrons. The van der Waals surface area contributed by atoms with Gasteiger partial charge in [0.05, 0.1) is 6.42 Å². The molecule has 0 saturated carbocycles. The van der Waals surface area contributed by atoms with E-state index in [2.05, 4.69) is 34.2 Å². The first-order chi connectivity index (χ1) is 11.8. The van der Waals surface area contributed by atoms with E-state index in [1.165, 1.54) is 5.56 Å². The molecular weight excluding hydrogens is 298 g/mol. The molecule has 1 aromatic carbocycles. The van der Waals surface area contributed by atoms with Gasteiger partial charge >= 0.3 is 0 Å². The minimum Gasteiger partial charge on any atom is -0.346 e. The van der Waals surface area contributed by atoms with Gasteiger partial charge in [-0.15, -0.1) is 0 Å². The zero-order valence-electron chi connectivity index (χ0n) is 13.6. The normalized spacial score (nSPS) is 17.5. The fourth-order valence-electron chi connectivity index (χ4n) is 3.61. The summed E-state index contributed by atoms with van der Waals surface area (Å²) in [5.41, 5.74) is 3.25. The number of amides is 1. The maximum absolute atomic E-state index is 12.6. The van der Waals surface area contributed by atoms with E-state index in [0.29, 0.717) is 12.3 Å². The first kappa shape index (κ1) is 14.9. The first-order valence-electron chi connectivity index (χ1n) is 8.52. The lowest BCUT2D eigenvalue weighted by Gasteiger charge is -2.16. The Morgan fingerprint density at radius 2 is 2.08 bits per heavy atom. The van der Waals surface area contributed by atoms with Crippen molar-refractivity contribution in [2.45, 2.75) is 19.3 Å². The second kappa shape index (κ2) is 6.48. The van der Waals surface area contributed by atoms with Crippen LogP contribution in [0, 0.1) is 5.92 Å². The van der Waals surface area contributed by atoms with E-state index in [4.69, 9.17) is 0 Å². The number of rotatable bonds is 4. The van der Waals surface area contributed by atoms with Gasteiger partial charge in [-0.25, -0.2) is 4.98 Å². The van der Waals surface area contributed by atoms with Gasteiger partial charge in [0.2, 0.25) is 5.91 Å². The van der Waals surface area contributed by atoms with Crippen LogP contribution >= 0.6 is 0 Å². The zero-order valence-corrected chi connectivity index (χ0v) is 13.6. The van der Waals surface area contributed by atoms with E-state index < -0.39 is 0 Å². The van der Waals surface area contributed by atoms with Crippen molar-refractivity contribution < 1.29 is 4.79 Å². The highest BCUT2D eigenvalue weighted by Crippen LogP contribution is 2.23. The smallest absolute Gasteiger partial charge is 0.227 e. The number of hydrogen-bond acceptors (Lipinski definition) is 2. The molecular formula is C20H21N3O. The fraction of sp³-hybridized carbons (Fsp3) is 0.300. The maximum Gasteiger partial charge on any atom is 0.227 e. The van der Waals surface area contributed by atoms with Crippen molar-refractivity contribution in [3.63, 3.8) is 0 Å². The second-order valence-corrected chi connectivity index (χ2v) is 6.57. The van der Waals surface area contributed by atoms with Crippen LogP contribution in [-0.2, 0) is 17.6 Å². The van der Waals surface area contributed by atoms with Crippen molar-refractivity contribution in [1.29, 1.82) is 0 Å². The number of carbonyl (C=O) groups excluding carboxylic acids is 1. The lowest BCUT2D eigenvalue weighted by atomic mass is 9.99. The Morgan fingerprint density at radius 1 is 1.21 bits per heavy atom. The number of aromatic nitrogens is 2. The molecule has 0 bridgehead atoms. The standard InChI is InChI=1S/C20H21N3O/c24-19(12-17-13-22-20-18(17)7-4-9-21-20)23-10-8-16(14-23)11-15-5-2-1-3-6-15/h1-7,9,13,16H,8,10-12,14H2,(H,21,22). The summed E-state index contributed by atoms with van der Waals surface area (Å²) in [6, 6.07) is 14.5. The molecule has 1 aliphatic heterocycles. The van der Waals surface area contributed by atoms with Crippen LogP contribution in [0.25, 0.3) is 11.0 Å². The number of carbonyl (C=O) groups is 1. The molecule has 24 heavy (non-hydrogen) atoms. The third kappa shape index (κ3) is 3.04. The van der Waals surface area contributed by atoms with Crippen molar-refractivity contribution in [3.05, 3.63) is 66.0 Å². The number of pyridine rings is 1. The van der Waals surface area contributed by atoms with Crippen molar-refractivity contribution >= 4 is 16.9 Å². The van der Waals surface area contributed by atoms with E-state index in [-0.39, 0.29) is 5.91 Å². The minimum atomic E-state index is 0.218. The summed E-state index contributed by atoms with van der Waals surface area (Å²) in [7, 11) is 0. The van der Waals surface area contributed by atoms with E-state index in [9.17, 15) is 4.79 Å². The largest absolute Gasteiger partial charge is 0.346 e. The lowest BCUT2D eigenvalue weighted by Crippen LogP contribution is -2.30. The van der Waals surface area contributed by atoms with Crippen molar-refractivity contribution in [2.75, 3.05) is 13.1 Å². The molecule has 1 saturated heterocycles. The van der Waals surface area contributed by atoms with E-state index in [1.54, 1.807) is 6.20 Å². The van der Waals surface area contributed by atoms with Crippen molar-refractivity contribution in [3.8, 4) is 0 Å². The molecule has 1 unspecified atom stereocenters. The Balaban J connectivity index is 1.39. The lowest BCUT2D eigenvalue weighted by molar-refractivity contribution is -0.129. The predicted molar refractivity (Wildman–Crippen MR) is 94.6 cm³/mol. The van der Waals surface area contributed by atoms with Gasteiger partial charge in [-0.3, -0.25) is 4.79 Å². The van der Waals surface area contributed by atoms with Crippen LogP contribution in [-0.4, -0.2) is 33.9 Å². The summed E-state index contributed by atoms with van der Waals surface area (Å²) in [4.78, 5) is 22.1. The average molecular weight is 319 g/mol. The van der Waals surface area contributed by atoms with E-state index >= 15 is 0 Å². The van der Waals surface area contributed by atoms with Crippen LogP contribution < -0.4 is 0 Å². The monoisotopic (exact) mass is 319 g/mol. The summed E-state index contributed by atoms with van der Waals surface area (Å²) >= 11 is 0. The predicted octanol–water partition coefficient (Wildman–Crippen LogP) is 3.20. The highest BCUT2D eigenvalue weighted by atomic mass is 16.2. The molecule has 2 aromatic heterocycles. The van der Waals surface area contributed by atoms with Gasteiger partial charge in [0.15, 0.2) is 0 Å². The highest BCUT2D eigenvalue weighted by molar-refractivity contribution is 5.87. The van der Waals surface area contributed by atoms with Crippen LogP contribution in [0.2, 0.25) is 0 Å². The SMILES string of the molecule is O=C(Cc1c[nH]c2ncccc12)N1CCC(Cc2ccccc2)C1.